The molecule has 0 spiro atoms. The van der Waals surface area contributed by atoms with Gasteiger partial charge in [0.25, 0.3) is 10.1 Å². The largest absolute Gasteiger partial charge is 1.00 e. The molecule has 1 heterocycles. The van der Waals surface area contributed by atoms with Gasteiger partial charge in [-0.1, -0.05) is 48.5 Å². The third-order valence-electron chi connectivity index (χ3n) is 4.30. The van der Waals surface area contributed by atoms with Crippen LogP contribution in [0.15, 0.2) is 48.5 Å². The van der Waals surface area contributed by atoms with Gasteiger partial charge < -0.3 is 6.33 Å². The summed E-state index contributed by atoms with van der Waals surface area (Å²) >= 11 is 0. The molecule has 1 atom stereocenters. The van der Waals surface area contributed by atoms with Gasteiger partial charge in [0.1, 0.15) is 0 Å². The number of nitrogens with zero attached hydrogens (tertiary/aromatic N) is 1. The van der Waals surface area contributed by atoms with E-state index in [2.05, 4.69) is 0 Å². The van der Waals surface area contributed by atoms with Gasteiger partial charge in [0, 0.05) is 12.6 Å². The Morgan fingerprint density at radius 3 is 2.33 bits per heavy atom. The number of likely N-dealkylation sites (N-methyl/N-ethyl adjacent to an activating group) is 1. The van der Waals surface area contributed by atoms with Crippen LogP contribution in [0.3, 0.4) is 0 Å². The number of para-hydroxylation sites is 1. The Labute approximate surface area is 165 Å². The molecule has 0 radical (unpaired) electrons. The Bertz CT molecular complexity index is 889. The van der Waals surface area contributed by atoms with Crippen LogP contribution < -0.4 is 34.5 Å². The Morgan fingerprint density at radius 1 is 1.12 bits per heavy atom. The van der Waals surface area contributed by atoms with Crippen molar-refractivity contribution in [3.05, 3.63) is 54.1 Å². The number of fused-ring (bicyclic) bond motifs is 1. The Kier molecular flexibility index (Phi) is 5.28. The molecule has 0 aliphatic carbocycles. The summed E-state index contributed by atoms with van der Waals surface area (Å²) in [4.78, 5) is 14.2. The van der Waals surface area contributed by atoms with Crippen molar-refractivity contribution in [3.63, 3.8) is 0 Å². The number of rotatable bonds is 3. The molecule has 1 N–H and O–H groups in total. The van der Waals surface area contributed by atoms with Crippen molar-refractivity contribution in [1.82, 2.24) is 0 Å². The summed E-state index contributed by atoms with van der Waals surface area (Å²) in [5.41, 5.74) is 1.82. The molecule has 0 saturated heterocycles. The quantitative estimate of drug-likeness (QED) is 0.600. The van der Waals surface area contributed by atoms with E-state index in [1.165, 1.54) is 4.90 Å². The molecule has 2 aromatic rings. The Hall–Kier alpha value is -1.18. The normalized spacial score (nSPS) is 19.8. The van der Waals surface area contributed by atoms with Gasteiger partial charge in [0.15, 0.2) is 0 Å². The first-order valence-corrected chi connectivity index (χ1v) is 8.77. The summed E-state index contributed by atoms with van der Waals surface area (Å²) in [5, 5.41) is 0. The summed E-state index contributed by atoms with van der Waals surface area (Å²) in [5.74, 6) is -0.970. The minimum Gasteiger partial charge on any atom is -1.00 e. The fraction of sp³-hybridized carbons (Fsp3) is 0.235. The first-order valence-electron chi connectivity index (χ1n) is 7.16. The zero-order valence-corrected chi connectivity index (χ0v) is 16.7. The predicted molar refractivity (Wildman–Crippen MR) is 90.2 cm³/mol. The molecule has 5 nitrogen and oxygen atoms in total. The first kappa shape index (κ1) is 19.1. The fourth-order valence-electron chi connectivity index (χ4n) is 3.29. The molecule has 0 fully saturated rings. The van der Waals surface area contributed by atoms with Crippen molar-refractivity contribution in [2.75, 3.05) is 17.7 Å². The molecule has 24 heavy (non-hydrogen) atoms. The summed E-state index contributed by atoms with van der Waals surface area (Å²) in [6.07, 6.45) is 0. The number of benzene rings is 2. The molecule has 1 aliphatic rings. The molecule has 3 rings (SSSR count). The topological polar surface area (TPSA) is 74.7 Å². The predicted octanol–water partition coefficient (Wildman–Crippen LogP) is -0.408. The molecule has 7 heteroatoms. The molecule has 1 amide bonds. The van der Waals surface area contributed by atoms with Crippen molar-refractivity contribution in [2.24, 2.45) is 0 Å². The van der Waals surface area contributed by atoms with E-state index < -0.39 is 21.3 Å². The number of hydrogen-bond donors (Lipinski definition) is 1. The van der Waals surface area contributed by atoms with E-state index in [-0.39, 0.29) is 36.9 Å². The van der Waals surface area contributed by atoms with Crippen LogP contribution in [0.2, 0.25) is 0 Å². The molecule has 0 aromatic heterocycles. The van der Waals surface area contributed by atoms with Crippen LogP contribution >= 0.6 is 0 Å². The SMILES string of the molecule is CN1C(=O)C(C)(CS(=O)(=O)O)c2cccc(-c3ccccc3)c21.[H-].[Na+]. The van der Waals surface area contributed by atoms with Gasteiger partial charge in [-0.15, -0.1) is 0 Å². The van der Waals surface area contributed by atoms with Gasteiger partial charge in [-0.05, 0) is 18.1 Å². The van der Waals surface area contributed by atoms with Gasteiger partial charge in [0.05, 0.1) is 16.9 Å². The van der Waals surface area contributed by atoms with Gasteiger partial charge in [-0.2, -0.15) is 8.42 Å². The van der Waals surface area contributed by atoms with Crippen molar-refractivity contribution < 1.29 is 48.7 Å². The maximum absolute atomic E-state index is 12.7. The van der Waals surface area contributed by atoms with Gasteiger partial charge in [-0.3, -0.25) is 9.35 Å². The molecule has 0 saturated carbocycles. The van der Waals surface area contributed by atoms with E-state index in [1.54, 1.807) is 26.1 Å². The number of carbonyl (C=O) groups is 1. The molecule has 2 aromatic carbocycles. The molecule has 1 unspecified atom stereocenters. The summed E-state index contributed by atoms with van der Waals surface area (Å²) < 4.78 is 32.0. The summed E-state index contributed by atoms with van der Waals surface area (Å²) in [6.45, 7) is 1.56. The van der Waals surface area contributed by atoms with Crippen LogP contribution in [0.4, 0.5) is 5.69 Å². The third kappa shape index (κ3) is 3.17. The van der Waals surface area contributed by atoms with Crippen molar-refractivity contribution in [1.29, 1.82) is 0 Å². The second kappa shape index (κ2) is 6.61. The fourth-order valence-corrected chi connectivity index (χ4v) is 4.30. The third-order valence-corrected chi connectivity index (χ3v) is 5.24. The van der Waals surface area contributed by atoms with Crippen molar-refractivity contribution in [3.8, 4) is 11.1 Å². The van der Waals surface area contributed by atoms with Crippen LogP contribution in [0.5, 0.6) is 0 Å². The molecule has 1 aliphatic heterocycles. The maximum Gasteiger partial charge on any atom is 1.00 e. The van der Waals surface area contributed by atoms with Crippen molar-refractivity contribution >= 4 is 21.7 Å². The maximum atomic E-state index is 12.7. The smallest absolute Gasteiger partial charge is 1.00 e. The van der Waals surface area contributed by atoms with Crippen LogP contribution in [-0.2, 0) is 20.3 Å². The van der Waals surface area contributed by atoms with E-state index in [0.29, 0.717) is 11.3 Å². The second-order valence-corrected chi connectivity index (χ2v) is 7.44. The Morgan fingerprint density at radius 2 is 1.75 bits per heavy atom. The van der Waals surface area contributed by atoms with E-state index in [4.69, 9.17) is 0 Å². The van der Waals surface area contributed by atoms with E-state index >= 15 is 0 Å². The molecule has 0 bridgehead atoms. The Balaban J connectivity index is 0.00000156. The number of hydrogen-bond acceptors (Lipinski definition) is 3. The second-order valence-electron chi connectivity index (χ2n) is 5.99. The zero-order valence-electron chi connectivity index (χ0n) is 14.9. The molecular formula is C17H18NNaO4S. The van der Waals surface area contributed by atoms with E-state index in [0.717, 1.165) is 11.1 Å². The van der Waals surface area contributed by atoms with Crippen LogP contribution in [0, 0.1) is 0 Å². The number of amides is 1. The number of carbonyl (C=O) groups excluding carboxylic acids is 1. The van der Waals surface area contributed by atoms with Crippen LogP contribution in [0.1, 0.15) is 13.9 Å². The van der Waals surface area contributed by atoms with Gasteiger partial charge in [0.2, 0.25) is 5.91 Å². The first-order chi connectivity index (χ1) is 10.7. The summed E-state index contributed by atoms with van der Waals surface area (Å²) in [6, 6.07) is 15.0. The van der Waals surface area contributed by atoms with Gasteiger partial charge in [-0.25, -0.2) is 0 Å². The minimum atomic E-state index is -4.29. The van der Waals surface area contributed by atoms with Crippen molar-refractivity contribution in [2.45, 2.75) is 12.3 Å². The molecule has 122 valence electrons. The van der Waals surface area contributed by atoms with Crippen LogP contribution in [-0.4, -0.2) is 31.7 Å². The molecular weight excluding hydrogens is 337 g/mol. The average Bonchev–Trinajstić information content (AvgIpc) is 2.68. The standard InChI is InChI=1S/C17H17NO4S.Na.H/c1-17(11-23(20,21)22)14-10-6-9-13(12-7-4-3-5-8-12)15(14)18(2)16(17)19;;/h3-10H,11H2,1-2H3,(H,20,21,22);;/q;+1;-1. The summed E-state index contributed by atoms with van der Waals surface area (Å²) in [7, 11) is -2.66. The number of anilines is 1. The van der Waals surface area contributed by atoms with Crippen LogP contribution in [0.25, 0.3) is 11.1 Å². The monoisotopic (exact) mass is 355 g/mol. The van der Waals surface area contributed by atoms with Gasteiger partial charge >= 0.3 is 29.6 Å². The van der Waals surface area contributed by atoms with E-state index in [1.807, 2.05) is 36.4 Å². The average molecular weight is 355 g/mol. The minimum absolute atomic E-state index is 0. The van der Waals surface area contributed by atoms with E-state index in [9.17, 15) is 17.8 Å². The zero-order chi connectivity index (χ0) is 16.8.